The number of carbonyl (C=O) groups excluding carboxylic acids is 1. The molecule has 0 aliphatic carbocycles. The van der Waals surface area contributed by atoms with Gasteiger partial charge in [-0.15, -0.1) is 11.3 Å². The average molecular weight is 377 g/mol. The fourth-order valence-electron chi connectivity index (χ4n) is 2.74. The van der Waals surface area contributed by atoms with Crippen molar-refractivity contribution in [3.05, 3.63) is 46.6 Å². The molecule has 5 nitrogen and oxygen atoms in total. The van der Waals surface area contributed by atoms with Crippen molar-refractivity contribution in [2.24, 2.45) is 0 Å². The van der Waals surface area contributed by atoms with Crippen molar-refractivity contribution >= 4 is 33.8 Å². The van der Waals surface area contributed by atoms with Gasteiger partial charge in [-0.25, -0.2) is 4.98 Å². The van der Waals surface area contributed by atoms with E-state index in [-0.39, 0.29) is 5.91 Å². The first-order chi connectivity index (χ1) is 12.0. The molecule has 1 N–H and O–H groups in total. The number of hydrogen-bond donors (Lipinski definition) is 1. The van der Waals surface area contributed by atoms with E-state index in [0.717, 1.165) is 22.6 Å². The Labute approximate surface area is 156 Å². The minimum absolute atomic E-state index is 0.0883. The smallest absolute Gasteiger partial charge is 0.269 e. The van der Waals surface area contributed by atoms with E-state index in [1.165, 1.54) is 11.3 Å². The molecule has 1 aromatic carbocycles. The van der Waals surface area contributed by atoms with E-state index in [4.69, 9.17) is 11.6 Å². The van der Waals surface area contributed by atoms with Gasteiger partial charge in [0.1, 0.15) is 5.69 Å². The van der Waals surface area contributed by atoms with Gasteiger partial charge in [-0.05, 0) is 26.6 Å². The quantitative estimate of drug-likeness (QED) is 0.712. The molecule has 1 amide bonds. The molecule has 1 atom stereocenters. The van der Waals surface area contributed by atoms with Crippen molar-refractivity contribution in [2.45, 2.75) is 19.4 Å². The summed E-state index contributed by atoms with van der Waals surface area (Å²) in [5.41, 5.74) is 2.23. The van der Waals surface area contributed by atoms with E-state index in [0.29, 0.717) is 23.3 Å². The van der Waals surface area contributed by atoms with Gasteiger partial charge in [0, 0.05) is 29.7 Å². The Bertz CT molecular complexity index is 886. The van der Waals surface area contributed by atoms with Crippen molar-refractivity contribution < 1.29 is 4.79 Å². The molecule has 0 fully saturated rings. The van der Waals surface area contributed by atoms with E-state index < -0.39 is 0 Å². The summed E-state index contributed by atoms with van der Waals surface area (Å²) in [6.45, 7) is 2.73. The van der Waals surface area contributed by atoms with E-state index in [2.05, 4.69) is 22.1 Å². The van der Waals surface area contributed by atoms with Crippen molar-refractivity contribution in [1.82, 2.24) is 19.6 Å². The maximum atomic E-state index is 12.6. The number of thiazole rings is 1. The lowest BCUT2D eigenvalue weighted by Gasteiger charge is -2.22. The summed E-state index contributed by atoms with van der Waals surface area (Å²) in [4.78, 5) is 20.1. The standard InChI is InChI=1S/C18H21ClN4OS/c1-4-12(22(2)3)9-20-17(24)16-11-25-18-21-15(10-23(16)18)13-7-5-6-8-14(13)19/h5-8,10-12H,4,9H2,1-3H3,(H,20,24). The summed E-state index contributed by atoms with van der Waals surface area (Å²) in [5, 5.41) is 5.51. The second-order valence-electron chi connectivity index (χ2n) is 6.12. The molecule has 1 unspecified atom stereocenters. The Hall–Kier alpha value is -1.89. The number of aromatic nitrogens is 2. The van der Waals surface area contributed by atoms with E-state index in [1.54, 1.807) is 0 Å². The molecule has 7 heteroatoms. The molecule has 0 radical (unpaired) electrons. The molecule has 132 valence electrons. The van der Waals surface area contributed by atoms with Crippen LogP contribution in [0.25, 0.3) is 16.2 Å². The monoisotopic (exact) mass is 376 g/mol. The van der Waals surface area contributed by atoms with Crippen molar-refractivity contribution in [2.75, 3.05) is 20.6 Å². The third kappa shape index (κ3) is 3.71. The van der Waals surface area contributed by atoms with E-state index in [1.807, 2.05) is 54.3 Å². The molecule has 25 heavy (non-hydrogen) atoms. The molecule has 0 aliphatic heterocycles. The number of likely N-dealkylation sites (N-methyl/N-ethyl adjacent to an activating group) is 1. The van der Waals surface area contributed by atoms with Gasteiger partial charge in [-0.1, -0.05) is 36.7 Å². The first kappa shape index (κ1) is 17.9. The minimum atomic E-state index is -0.0883. The zero-order chi connectivity index (χ0) is 18.0. The van der Waals surface area contributed by atoms with Crippen LogP contribution in [0.3, 0.4) is 0 Å². The summed E-state index contributed by atoms with van der Waals surface area (Å²) >= 11 is 7.70. The summed E-state index contributed by atoms with van der Waals surface area (Å²) in [7, 11) is 4.05. The van der Waals surface area contributed by atoms with Crippen molar-refractivity contribution in [1.29, 1.82) is 0 Å². The number of carbonyl (C=O) groups is 1. The number of rotatable bonds is 6. The first-order valence-corrected chi connectivity index (χ1v) is 9.43. The lowest BCUT2D eigenvalue weighted by atomic mass is 10.2. The van der Waals surface area contributed by atoms with Gasteiger partial charge >= 0.3 is 0 Å². The number of benzene rings is 1. The Morgan fingerprint density at radius 1 is 1.40 bits per heavy atom. The summed E-state index contributed by atoms with van der Waals surface area (Å²) in [5.74, 6) is -0.0883. The van der Waals surface area contributed by atoms with Crippen LogP contribution >= 0.6 is 22.9 Å². The number of hydrogen-bond acceptors (Lipinski definition) is 4. The molecular weight excluding hydrogens is 356 g/mol. The zero-order valence-corrected chi connectivity index (χ0v) is 16.1. The van der Waals surface area contributed by atoms with Crippen LogP contribution in [0.5, 0.6) is 0 Å². The van der Waals surface area contributed by atoms with Crippen LogP contribution in [0.2, 0.25) is 5.02 Å². The van der Waals surface area contributed by atoms with Gasteiger partial charge in [0.15, 0.2) is 4.96 Å². The largest absolute Gasteiger partial charge is 0.349 e. The lowest BCUT2D eigenvalue weighted by Crippen LogP contribution is -2.40. The molecule has 0 bridgehead atoms. The van der Waals surface area contributed by atoms with Gasteiger partial charge < -0.3 is 10.2 Å². The van der Waals surface area contributed by atoms with Crippen LogP contribution in [0.1, 0.15) is 23.8 Å². The maximum absolute atomic E-state index is 12.6. The van der Waals surface area contributed by atoms with Crippen LogP contribution in [-0.2, 0) is 0 Å². The molecule has 2 aromatic heterocycles. The van der Waals surface area contributed by atoms with Crippen LogP contribution in [-0.4, -0.2) is 46.9 Å². The first-order valence-electron chi connectivity index (χ1n) is 8.17. The molecule has 0 spiro atoms. The SMILES string of the molecule is CCC(CNC(=O)c1csc2nc(-c3ccccc3Cl)cn12)N(C)C. The van der Waals surface area contributed by atoms with Gasteiger partial charge in [-0.2, -0.15) is 0 Å². The predicted octanol–water partition coefficient (Wildman–Crippen LogP) is 3.79. The van der Waals surface area contributed by atoms with E-state index >= 15 is 0 Å². The molecule has 2 heterocycles. The normalized spacial score (nSPS) is 12.7. The highest BCUT2D eigenvalue weighted by Crippen LogP contribution is 2.29. The van der Waals surface area contributed by atoms with Gasteiger partial charge in [0.2, 0.25) is 0 Å². The molecule has 0 saturated heterocycles. The number of imidazole rings is 1. The summed E-state index contributed by atoms with van der Waals surface area (Å²) < 4.78 is 1.83. The molecule has 3 aromatic rings. The van der Waals surface area contributed by atoms with Crippen molar-refractivity contribution in [3.63, 3.8) is 0 Å². The highest BCUT2D eigenvalue weighted by molar-refractivity contribution is 7.15. The topological polar surface area (TPSA) is 49.6 Å². The second-order valence-corrected chi connectivity index (χ2v) is 7.36. The fourth-order valence-corrected chi connectivity index (χ4v) is 3.82. The summed E-state index contributed by atoms with van der Waals surface area (Å²) in [6.07, 6.45) is 2.85. The van der Waals surface area contributed by atoms with Gasteiger partial charge in [-0.3, -0.25) is 9.20 Å². The van der Waals surface area contributed by atoms with Crippen LogP contribution < -0.4 is 5.32 Å². The number of fused-ring (bicyclic) bond motifs is 1. The molecule has 3 rings (SSSR count). The maximum Gasteiger partial charge on any atom is 0.269 e. The second kappa shape index (κ2) is 7.56. The van der Waals surface area contributed by atoms with Crippen LogP contribution in [0.15, 0.2) is 35.8 Å². The summed E-state index contributed by atoms with van der Waals surface area (Å²) in [6, 6.07) is 7.90. The Morgan fingerprint density at radius 2 is 2.16 bits per heavy atom. The highest BCUT2D eigenvalue weighted by Gasteiger charge is 2.17. The Morgan fingerprint density at radius 3 is 2.84 bits per heavy atom. The van der Waals surface area contributed by atoms with Crippen molar-refractivity contribution in [3.8, 4) is 11.3 Å². The average Bonchev–Trinajstić information content (AvgIpc) is 3.15. The molecule has 0 saturated carbocycles. The van der Waals surface area contributed by atoms with Gasteiger partial charge in [0.25, 0.3) is 5.91 Å². The zero-order valence-electron chi connectivity index (χ0n) is 14.5. The predicted molar refractivity (Wildman–Crippen MR) is 104 cm³/mol. The Kier molecular flexibility index (Phi) is 5.42. The number of halogens is 1. The number of nitrogens with one attached hydrogen (secondary N) is 1. The third-order valence-corrected chi connectivity index (χ3v) is 5.46. The molecular formula is C18H21ClN4OS. The highest BCUT2D eigenvalue weighted by atomic mass is 35.5. The van der Waals surface area contributed by atoms with Gasteiger partial charge in [0.05, 0.1) is 10.7 Å². The minimum Gasteiger partial charge on any atom is -0.349 e. The molecule has 0 aliphatic rings. The number of amides is 1. The Balaban J connectivity index is 1.83. The third-order valence-electron chi connectivity index (χ3n) is 4.29. The van der Waals surface area contributed by atoms with Crippen LogP contribution in [0.4, 0.5) is 0 Å². The van der Waals surface area contributed by atoms with E-state index in [9.17, 15) is 4.79 Å². The number of nitrogens with zero attached hydrogens (tertiary/aromatic N) is 3. The lowest BCUT2D eigenvalue weighted by molar-refractivity contribution is 0.0935. The van der Waals surface area contributed by atoms with Crippen LogP contribution in [0, 0.1) is 0 Å². The fraction of sp³-hybridized carbons (Fsp3) is 0.333.